The second kappa shape index (κ2) is 8.40. The van der Waals surface area contributed by atoms with E-state index >= 15 is 0 Å². The number of aliphatic hydroxyl groups excluding tert-OH is 2. The molecule has 5 nitrogen and oxygen atoms in total. The summed E-state index contributed by atoms with van der Waals surface area (Å²) in [5.41, 5.74) is -0.854. The molecule has 1 atom stereocenters. The summed E-state index contributed by atoms with van der Waals surface area (Å²) < 4.78 is 0. The van der Waals surface area contributed by atoms with Crippen molar-refractivity contribution in [2.45, 2.75) is 46.1 Å². The van der Waals surface area contributed by atoms with Crippen LogP contribution < -0.4 is 0 Å². The highest BCUT2D eigenvalue weighted by atomic mass is 16.3. The number of Topliss-reactive ketones (excluding diaryl/α,β-unsaturated/α-hetero) is 2. The first kappa shape index (κ1) is 21.4. The first-order chi connectivity index (χ1) is 13.1. The van der Waals surface area contributed by atoms with E-state index < -0.39 is 34.3 Å². The lowest BCUT2D eigenvalue weighted by molar-refractivity contribution is -0.146. The number of aliphatic hydroxyl groups is 3. The fourth-order valence-electron chi connectivity index (χ4n) is 2.92. The fraction of sp³-hybridized carbons (Fsp3) is 0.304. The minimum absolute atomic E-state index is 0.0446. The molecule has 0 saturated carbocycles. The molecule has 0 heterocycles. The number of allylic oxidation sites excluding steroid dienone is 4. The molecular formula is C23H26O5. The largest absolute Gasteiger partial charge is 0.507 e. The van der Waals surface area contributed by atoms with Crippen LogP contribution in [0.4, 0.5) is 0 Å². The summed E-state index contributed by atoms with van der Waals surface area (Å²) in [7, 11) is 0. The number of hydrogen-bond acceptors (Lipinski definition) is 5. The van der Waals surface area contributed by atoms with Crippen molar-refractivity contribution >= 4 is 17.3 Å². The van der Waals surface area contributed by atoms with Gasteiger partial charge in [0.25, 0.3) is 0 Å². The maximum absolute atomic E-state index is 13.1. The molecule has 0 fully saturated rings. The van der Waals surface area contributed by atoms with Gasteiger partial charge in [-0.2, -0.15) is 0 Å². The molecule has 5 heteroatoms. The molecule has 0 amide bonds. The Kier molecular flexibility index (Phi) is 6.41. The molecule has 1 aliphatic rings. The molecule has 28 heavy (non-hydrogen) atoms. The number of ketones is 2. The zero-order valence-electron chi connectivity index (χ0n) is 16.6. The zero-order chi connectivity index (χ0) is 21.1. The molecule has 0 bridgehead atoms. The zero-order valence-corrected chi connectivity index (χ0v) is 16.6. The van der Waals surface area contributed by atoms with Crippen molar-refractivity contribution in [1.82, 2.24) is 0 Å². The van der Waals surface area contributed by atoms with Crippen LogP contribution in [0.5, 0.6) is 0 Å². The Balaban J connectivity index is 2.75. The van der Waals surface area contributed by atoms with Crippen LogP contribution in [-0.4, -0.2) is 32.5 Å². The first-order valence-electron chi connectivity index (χ1n) is 9.09. The lowest BCUT2D eigenvalue weighted by Gasteiger charge is -2.31. The van der Waals surface area contributed by atoms with Crippen molar-refractivity contribution in [2.24, 2.45) is 0 Å². The van der Waals surface area contributed by atoms with Gasteiger partial charge in [0.1, 0.15) is 17.1 Å². The Hall–Kier alpha value is -2.92. The summed E-state index contributed by atoms with van der Waals surface area (Å²) in [5.74, 6) is -2.90. The maximum atomic E-state index is 13.1. The maximum Gasteiger partial charge on any atom is 0.210 e. The van der Waals surface area contributed by atoms with Gasteiger partial charge in [0.2, 0.25) is 11.6 Å². The third-order valence-corrected chi connectivity index (χ3v) is 4.58. The molecule has 2 rings (SSSR count). The second-order valence-corrected chi connectivity index (χ2v) is 7.41. The van der Waals surface area contributed by atoms with Gasteiger partial charge in [-0.25, -0.2) is 0 Å². The van der Waals surface area contributed by atoms with E-state index in [0.717, 1.165) is 11.1 Å². The van der Waals surface area contributed by atoms with Crippen LogP contribution in [-0.2, 0) is 9.59 Å². The summed E-state index contributed by atoms with van der Waals surface area (Å²) in [6.45, 7) is 7.25. The van der Waals surface area contributed by atoms with Gasteiger partial charge < -0.3 is 15.3 Å². The first-order valence-corrected chi connectivity index (χ1v) is 9.09. The van der Waals surface area contributed by atoms with Gasteiger partial charge in [0, 0.05) is 17.6 Å². The highest BCUT2D eigenvalue weighted by Crippen LogP contribution is 2.37. The third kappa shape index (κ3) is 4.15. The molecule has 0 spiro atoms. The topological polar surface area (TPSA) is 94.8 Å². The Labute approximate surface area is 165 Å². The summed E-state index contributed by atoms with van der Waals surface area (Å²) in [4.78, 5) is 26.0. The van der Waals surface area contributed by atoms with E-state index in [0.29, 0.717) is 5.56 Å². The van der Waals surface area contributed by atoms with E-state index in [1.807, 2.05) is 13.8 Å². The van der Waals surface area contributed by atoms with Crippen LogP contribution in [0.25, 0.3) is 5.76 Å². The van der Waals surface area contributed by atoms with Crippen molar-refractivity contribution in [3.63, 3.8) is 0 Å². The Morgan fingerprint density at radius 2 is 1.54 bits per heavy atom. The number of carbonyl (C=O) groups excluding carboxylic acids is 2. The molecule has 0 saturated heterocycles. The van der Waals surface area contributed by atoms with Crippen LogP contribution in [0.2, 0.25) is 0 Å². The fourth-order valence-corrected chi connectivity index (χ4v) is 2.92. The molecule has 1 aromatic rings. The van der Waals surface area contributed by atoms with Crippen molar-refractivity contribution < 1.29 is 24.9 Å². The highest BCUT2D eigenvalue weighted by molar-refractivity contribution is 6.28. The van der Waals surface area contributed by atoms with Gasteiger partial charge in [-0.3, -0.25) is 9.59 Å². The SMILES string of the molecule is CC(C)=CCC1=C(O)/C(=C(/O)c2ccccc2)C(=O)C(O)(CC=C(C)C)C1=O. The molecule has 1 aliphatic carbocycles. The van der Waals surface area contributed by atoms with E-state index in [2.05, 4.69) is 0 Å². The predicted molar refractivity (Wildman–Crippen MR) is 109 cm³/mol. The number of rotatable bonds is 5. The summed E-state index contributed by atoms with van der Waals surface area (Å²) in [5, 5.41) is 32.4. The molecule has 0 aromatic heterocycles. The van der Waals surface area contributed by atoms with Gasteiger partial charge in [-0.1, -0.05) is 53.6 Å². The van der Waals surface area contributed by atoms with Crippen LogP contribution in [0.1, 0.15) is 46.1 Å². The standard InChI is InChI=1S/C23H26O5/c1-14(2)10-11-17-20(25)18(19(24)16-8-6-5-7-9-16)22(27)23(28,21(17)26)13-12-15(3)4/h5-10,12,24-25,28H,11,13H2,1-4H3/b19-18-. The van der Waals surface area contributed by atoms with E-state index in [-0.39, 0.29) is 18.4 Å². The number of carbonyl (C=O) groups is 2. The lowest BCUT2D eigenvalue weighted by atomic mass is 9.74. The van der Waals surface area contributed by atoms with Crippen LogP contribution >= 0.6 is 0 Å². The molecule has 3 N–H and O–H groups in total. The van der Waals surface area contributed by atoms with Gasteiger partial charge >= 0.3 is 0 Å². The average molecular weight is 382 g/mol. The Morgan fingerprint density at radius 3 is 2.07 bits per heavy atom. The van der Waals surface area contributed by atoms with Crippen LogP contribution in [0.3, 0.4) is 0 Å². The molecule has 1 aromatic carbocycles. The molecule has 0 radical (unpaired) electrons. The van der Waals surface area contributed by atoms with Crippen molar-refractivity contribution in [2.75, 3.05) is 0 Å². The molecular weight excluding hydrogens is 356 g/mol. The molecule has 148 valence electrons. The van der Waals surface area contributed by atoms with Crippen LogP contribution in [0.15, 0.2) is 70.5 Å². The highest BCUT2D eigenvalue weighted by Gasteiger charge is 2.51. The summed E-state index contributed by atoms with van der Waals surface area (Å²) in [6, 6.07) is 8.23. The smallest absolute Gasteiger partial charge is 0.210 e. The second-order valence-electron chi connectivity index (χ2n) is 7.41. The Morgan fingerprint density at radius 1 is 0.964 bits per heavy atom. The van der Waals surface area contributed by atoms with Gasteiger partial charge in [0.05, 0.1) is 0 Å². The van der Waals surface area contributed by atoms with E-state index in [9.17, 15) is 24.9 Å². The minimum atomic E-state index is -2.37. The molecule has 0 aliphatic heterocycles. The average Bonchev–Trinajstić information content (AvgIpc) is 2.65. The Bertz CT molecular complexity index is 908. The van der Waals surface area contributed by atoms with E-state index in [4.69, 9.17) is 0 Å². The third-order valence-electron chi connectivity index (χ3n) is 4.58. The molecule has 1 unspecified atom stereocenters. The minimum Gasteiger partial charge on any atom is -0.507 e. The summed E-state index contributed by atoms with van der Waals surface area (Å²) >= 11 is 0. The van der Waals surface area contributed by atoms with Crippen molar-refractivity contribution in [1.29, 1.82) is 0 Å². The predicted octanol–water partition coefficient (Wildman–Crippen LogP) is 4.36. The van der Waals surface area contributed by atoms with Gasteiger partial charge in [-0.05, 0) is 34.1 Å². The number of hydrogen-bond donors (Lipinski definition) is 3. The lowest BCUT2D eigenvalue weighted by Crippen LogP contribution is -2.51. The monoisotopic (exact) mass is 382 g/mol. The van der Waals surface area contributed by atoms with Crippen molar-refractivity contribution in [3.05, 3.63) is 76.1 Å². The van der Waals surface area contributed by atoms with Gasteiger partial charge in [-0.15, -0.1) is 0 Å². The summed E-state index contributed by atoms with van der Waals surface area (Å²) in [6.07, 6.45) is 3.12. The normalized spacial score (nSPS) is 21.5. The van der Waals surface area contributed by atoms with E-state index in [1.54, 1.807) is 56.3 Å². The van der Waals surface area contributed by atoms with Crippen molar-refractivity contribution in [3.8, 4) is 0 Å². The van der Waals surface area contributed by atoms with Gasteiger partial charge in [0.15, 0.2) is 5.60 Å². The van der Waals surface area contributed by atoms with Crippen LogP contribution in [0, 0.1) is 0 Å². The van der Waals surface area contributed by atoms with E-state index in [1.165, 1.54) is 0 Å². The number of benzene rings is 1. The quantitative estimate of drug-likeness (QED) is 0.304.